The van der Waals surface area contributed by atoms with Crippen molar-refractivity contribution >= 4 is 82.1 Å². The van der Waals surface area contributed by atoms with Crippen LogP contribution in [-0.4, -0.2) is 0 Å². The Balaban J connectivity index is 1.21. The first kappa shape index (κ1) is 18.6. The van der Waals surface area contributed by atoms with E-state index in [1.54, 1.807) is 53.4 Å². The van der Waals surface area contributed by atoms with Crippen LogP contribution in [0.5, 0.6) is 0 Å². The monoisotopic (exact) mass is 703 g/mol. The molecule has 0 saturated carbocycles. The van der Waals surface area contributed by atoms with E-state index in [1.165, 1.54) is 0 Å². The maximum atomic E-state index is 9.70. The third-order valence-electron chi connectivity index (χ3n) is 9.79. The van der Waals surface area contributed by atoms with Crippen LogP contribution in [0.4, 0.5) is 17.1 Å². The second-order valence-electron chi connectivity index (χ2n) is 12.9. The van der Waals surface area contributed by atoms with Gasteiger partial charge in [-0.2, -0.15) is 0 Å². The summed E-state index contributed by atoms with van der Waals surface area (Å²) >= 11 is 0. The van der Waals surface area contributed by atoms with E-state index in [9.17, 15) is 5.48 Å². The van der Waals surface area contributed by atoms with Gasteiger partial charge in [-0.15, -0.1) is 0 Å². The molecule has 0 amide bonds. The molecule has 2 nitrogen and oxygen atoms in total. The standard InChI is InChI=1S/C52H33NO/c1-2-12-39-31-40(23-19-34(39)9-1)35-25-27-42(28-26-35)53(49-17-7-13-36-10-4-6-15-45(36)49)43-29-30-50-48(33-43)52-46(16-8-18-51(52)54-50)41-24-22-38-21-20-37-11-3-5-14-44(37)47(38)32-41/h1-33H/i3D,4D,5D,6D,7D,10D,11D,13D,14D,15D,17D,20D,21D,22D,24D,32D. The second kappa shape index (κ2) is 12.2. The molecule has 0 bridgehead atoms. The normalized spacial score (nSPS) is 15.9. The molecule has 0 radical (unpaired) electrons. The van der Waals surface area contributed by atoms with Crippen LogP contribution in [-0.2, 0) is 0 Å². The van der Waals surface area contributed by atoms with Crippen molar-refractivity contribution in [3.8, 4) is 22.3 Å². The molecule has 0 spiro atoms. The number of hydrogen-bond acceptors (Lipinski definition) is 2. The fourth-order valence-electron chi connectivity index (χ4n) is 7.25. The van der Waals surface area contributed by atoms with E-state index in [2.05, 4.69) is 6.07 Å². The summed E-state index contributed by atoms with van der Waals surface area (Å²) in [6, 6.07) is 22.5. The zero-order valence-corrected chi connectivity index (χ0v) is 28.2. The largest absolute Gasteiger partial charge is 0.456 e. The van der Waals surface area contributed by atoms with Crippen LogP contribution in [0.1, 0.15) is 21.9 Å². The summed E-state index contributed by atoms with van der Waals surface area (Å²) in [6.07, 6.45) is 0. The second-order valence-corrected chi connectivity index (χ2v) is 12.9. The average Bonchev–Trinajstić information content (AvgIpc) is 3.75. The molecule has 0 fully saturated rings. The van der Waals surface area contributed by atoms with Crippen molar-refractivity contribution in [2.75, 3.05) is 4.90 Å². The number of furan rings is 1. The van der Waals surface area contributed by atoms with Gasteiger partial charge in [0.15, 0.2) is 0 Å². The van der Waals surface area contributed by atoms with Crippen molar-refractivity contribution in [1.82, 2.24) is 0 Å². The van der Waals surface area contributed by atoms with Crippen molar-refractivity contribution in [2.45, 2.75) is 0 Å². The molecule has 1 aromatic heterocycles. The number of hydrogen-bond donors (Lipinski definition) is 0. The number of benzene rings is 10. The van der Waals surface area contributed by atoms with Gasteiger partial charge in [0.2, 0.25) is 0 Å². The molecule has 0 aliphatic rings. The SMILES string of the molecule is [2H]c1c([2H])c([2H])c2c(N(c3ccc(-c4ccc5ccccc5c4)cc3)c3ccc4oc5cccc(-c6c([2H])c([2H])c7c([2H])c([2H])c8c([2H])c([2H])c([2H])c([2H])c8c7c6[2H])c5c4c3)c([2H])c([2H])c([2H])c2c1[2H]. The smallest absolute Gasteiger partial charge is 0.136 e. The molecule has 0 saturated heterocycles. The molecule has 1 heterocycles. The lowest BCUT2D eigenvalue weighted by atomic mass is 9.94. The lowest BCUT2D eigenvalue weighted by molar-refractivity contribution is 0.669. The van der Waals surface area contributed by atoms with Gasteiger partial charge in [-0.05, 0) is 115 Å². The fraction of sp³-hybridized carbons (Fsp3) is 0. The van der Waals surface area contributed by atoms with Crippen LogP contribution in [0.2, 0.25) is 0 Å². The predicted molar refractivity (Wildman–Crippen MR) is 229 cm³/mol. The fourth-order valence-corrected chi connectivity index (χ4v) is 7.25. The minimum Gasteiger partial charge on any atom is -0.456 e. The highest BCUT2D eigenvalue weighted by Gasteiger charge is 2.19. The first-order valence-electron chi connectivity index (χ1n) is 25.2. The van der Waals surface area contributed by atoms with Gasteiger partial charge in [0.05, 0.1) is 27.6 Å². The summed E-state index contributed by atoms with van der Waals surface area (Å²) < 4.78 is 149. The molecule has 0 aliphatic heterocycles. The maximum Gasteiger partial charge on any atom is 0.136 e. The third-order valence-corrected chi connectivity index (χ3v) is 9.79. The Labute approximate surface area is 335 Å². The molecule has 0 atom stereocenters. The number of rotatable bonds is 5. The van der Waals surface area contributed by atoms with Crippen LogP contribution in [0.3, 0.4) is 0 Å². The van der Waals surface area contributed by atoms with Gasteiger partial charge in [0.1, 0.15) is 11.2 Å². The van der Waals surface area contributed by atoms with Gasteiger partial charge in [-0.25, -0.2) is 0 Å². The molecule has 11 rings (SSSR count). The number of nitrogens with zero attached hydrogens (tertiary/aromatic N) is 1. The third kappa shape index (κ3) is 4.96. The van der Waals surface area contributed by atoms with Gasteiger partial charge in [-0.3, -0.25) is 0 Å². The Hall–Kier alpha value is -7.16. The summed E-state index contributed by atoms with van der Waals surface area (Å²) in [4.78, 5) is 1.59. The van der Waals surface area contributed by atoms with Gasteiger partial charge in [0, 0.05) is 27.5 Å². The minimum absolute atomic E-state index is 0.0968. The van der Waals surface area contributed by atoms with Crippen molar-refractivity contribution in [3.63, 3.8) is 0 Å². The predicted octanol–water partition coefficient (Wildman–Crippen LogP) is 15.0. The van der Waals surface area contributed by atoms with Gasteiger partial charge < -0.3 is 9.32 Å². The Morgan fingerprint density at radius 3 is 1.98 bits per heavy atom. The lowest BCUT2D eigenvalue weighted by Crippen LogP contribution is -2.10. The molecule has 0 unspecified atom stereocenters. The van der Waals surface area contributed by atoms with Crippen LogP contribution < -0.4 is 4.90 Å². The molecule has 252 valence electrons. The van der Waals surface area contributed by atoms with E-state index in [0.29, 0.717) is 33.3 Å². The molecule has 2 heteroatoms. The maximum absolute atomic E-state index is 9.70. The van der Waals surface area contributed by atoms with Crippen LogP contribution in [0.15, 0.2) is 204 Å². The van der Waals surface area contributed by atoms with E-state index in [-0.39, 0.29) is 49.1 Å². The van der Waals surface area contributed by atoms with Crippen LogP contribution in [0, 0.1) is 0 Å². The zero-order chi connectivity index (χ0) is 49.5. The molecular weight excluding hydrogens is 655 g/mol. The summed E-state index contributed by atoms with van der Waals surface area (Å²) in [5, 5.41) is 1.49. The minimum atomic E-state index is -0.629. The average molecular weight is 704 g/mol. The van der Waals surface area contributed by atoms with Crippen LogP contribution in [0.25, 0.3) is 87.3 Å². The molecule has 10 aromatic carbocycles. The summed E-state index contributed by atoms with van der Waals surface area (Å²) in [7, 11) is 0. The quantitative estimate of drug-likeness (QED) is 0.166. The highest BCUT2D eigenvalue weighted by atomic mass is 16.3. The van der Waals surface area contributed by atoms with Gasteiger partial charge in [0.25, 0.3) is 0 Å². The van der Waals surface area contributed by atoms with E-state index < -0.39 is 96.7 Å². The Morgan fingerprint density at radius 2 is 1.11 bits per heavy atom. The van der Waals surface area contributed by atoms with Crippen molar-refractivity contribution < 1.29 is 26.3 Å². The summed E-state index contributed by atoms with van der Waals surface area (Å²) in [6.45, 7) is 0. The molecule has 0 N–H and O–H groups in total. The van der Waals surface area contributed by atoms with E-state index >= 15 is 0 Å². The molecule has 0 aliphatic carbocycles. The molecule has 54 heavy (non-hydrogen) atoms. The Bertz CT molecular complexity index is 4140. The summed E-state index contributed by atoms with van der Waals surface area (Å²) in [5.74, 6) is 0. The zero-order valence-electron chi connectivity index (χ0n) is 44.2. The first-order valence-corrected chi connectivity index (χ1v) is 17.2. The molecular formula is C52H33NO. The number of anilines is 3. The van der Waals surface area contributed by atoms with Crippen molar-refractivity contribution in [3.05, 3.63) is 200 Å². The van der Waals surface area contributed by atoms with E-state index in [4.69, 9.17) is 20.9 Å². The van der Waals surface area contributed by atoms with Gasteiger partial charge in [-0.1, -0.05) is 145 Å². The summed E-state index contributed by atoms with van der Waals surface area (Å²) in [5.41, 5.74) is 3.16. The van der Waals surface area contributed by atoms with Crippen molar-refractivity contribution in [1.29, 1.82) is 0 Å². The van der Waals surface area contributed by atoms with Crippen LogP contribution >= 0.6 is 0 Å². The molecule has 11 aromatic rings. The van der Waals surface area contributed by atoms with E-state index in [1.807, 2.05) is 48.5 Å². The highest BCUT2D eigenvalue weighted by Crippen LogP contribution is 2.44. The Kier molecular flexibility index (Phi) is 4.20. The lowest BCUT2D eigenvalue weighted by Gasteiger charge is -2.27. The van der Waals surface area contributed by atoms with E-state index in [0.717, 1.165) is 21.9 Å². The number of fused-ring (bicyclic) bond motifs is 8. The highest BCUT2D eigenvalue weighted by molar-refractivity contribution is 6.15. The van der Waals surface area contributed by atoms with Crippen molar-refractivity contribution in [2.24, 2.45) is 0 Å². The Morgan fingerprint density at radius 1 is 0.407 bits per heavy atom. The topological polar surface area (TPSA) is 16.4 Å². The van der Waals surface area contributed by atoms with Gasteiger partial charge >= 0.3 is 0 Å². The first-order chi connectivity index (χ1) is 33.4.